The summed E-state index contributed by atoms with van der Waals surface area (Å²) in [5.41, 5.74) is 2.35. The Labute approximate surface area is 149 Å². The average molecular weight is 349 g/mol. The highest BCUT2D eigenvalue weighted by atomic mass is 32.1. The second-order valence-corrected chi connectivity index (χ2v) is 6.64. The van der Waals surface area contributed by atoms with Crippen molar-refractivity contribution in [3.63, 3.8) is 0 Å². The molecular formula is C20H15NO3S. The van der Waals surface area contributed by atoms with Crippen molar-refractivity contribution < 1.29 is 14.3 Å². The van der Waals surface area contributed by atoms with Crippen LogP contribution in [0.3, 0.4) is 0 Å². The number of para-hydroxylation sites is 1. The minimum Gasteiger partial charge on any atom is -0.490 e. The maximum absolute atomic E-state index is 12.7. The van der Waals surface area contributed by atoms with E-state index in [1.807, 2.05) is 47.8 Å². The topological polar surface area (TPSA) is 55.4 Å². The second kappa shape index (κ2) is 6.53. The summed E-state index contributed by atoms with van der Waals surface area (Å²) >= 11 is 1.36. The largest absolute Gasteiger partial charge is 0.490 e. The van der Waals surface area contributed by atoms with E-state index in [4.69, 9.17) is 4.74 Å². The fraction of sp³-hybridized carbons (Fsp3) is 0.100. The molecule has 1 aliphatic heterocycles. The molecule has 2 heterocycles. The van der Waals surface area contributed by atoms with Gasteiger partial charge in [0, 0.05) is 5.56 Å². The van der Waals surface area contributed by atoms with Crippen molar-refractivity contribution in [3.05, 3.63) is 76.5 Å². The molecule has 1 aliphatic rings. The third-order valence-corrected chi connectivity index (χ3v) is 5.05. The molecule has 0 saturated carbocycles. The molecule has 0 saturated heterocycles. The first kappa shape index (κ1) is 15.6. The molecule has 0 unspecified atom stereocenters. The molecule has 3 aromatic rings. The standard InChI is InChI=1S/C20H15NO3S/c22-18-15-8-4-5-9-17(15)24-12-16(18)21-20(23)19-14(10-11-25-19)13-6-2-1-3-7-13/h1-11,16H,12H2,(H,21,23)/t16-/m1/s1. The van der Waals surface area contributed by atoms with Crippen LogP contribution in [0.2, 0.25) is 0 Å². The van der Waals surface area contributed by atoms with Crippen LogP contribution in [-0.4, -0.2) is 24.3 Å². The van der Waals surface area contributed by atoms with Gasteiger partial charge in [-0.15, -0.1) is 11.3 Å². The number of amides is 1. The van der Waals surface area contributed by atoms with Crippen LogP contribution in [0.15, 0.2) is 66.0 Å². The lowest BCUT2D eigenvalue weighted by molar-refractivity contribution is 0.0797. The zero-order chi connectivity index (χ0) is 17.2. The van der Waals surface area contributed by atoms with Crippen molar-refractivity contribution in [2.45, 2.75) is 6.04 Å². The lowest BCUT2D eigenvalue weighted by atomic mass is 10.0. The average Bonchev–Trinajstić information content (AvgIpc) is 3.15. The summed E-state index contributed by atoms with van der Waals surface area (Å²) in [7, 11) is 0. The van der Waals surface area contributed by atoms with E-state index in [0.717, 1.165) is 11.1 Å². The minimum atomic E-state index is -0.673. The van der Waals surface area contributed by atoms with Gasteiger partial charge < -0.3 is 10.1 Å². The van der Waals surface area contributed by atoms with Crippen LogP contribution in [0.1, 0.15) is 20.0 Å². The Morgan fingerprint density at radius 3 is 2.60 bits per heavy atom. The monoisotopic (exact) mass is 349 g/mol. The van der Waals surface area contributed by atoms with Gasteiger partial charge in [-0.1, -0.05) is 42.5 Å². The maximum atomic E-state index is 12.7. The van der Waals surface area contributed by atoms with Gasteiger partial charge in [-0.2, -0.15) is 0 Å². The molecule has 2 aromatic carbocycles. The molecule has 1 aromatic heterocycles. The molecule has 1 N–H and O–H groups in total. The fourth-order valence-electron chi connectivity index (χ4n) is 2.89. The first-order chi connectivity index (χ1) is 12.2. The molecule has 5 heteroatoms. The predicted molar refractivity (Wildman–Crippen MR) is 97.3 cm³/mol. The van der Waals surface area contributed by atoms with Gasteiger partial charge in [-0.05, 0) is 29.1 Å². The van der Waals surface area contributed by atoms with Crippen molar-refractivity contribution >= 4 is 23.0 Å². The number of ether oxygens (including phenoxy) is 1. The fourth-order valence-corrected chi connectivity index (χ4v) is 3.71. The smallest absolute Gasteiger partial charge is 0.262 e. The molecule has 0 bridgehead atoms. The summed E-state index contributed by atoms with van der Waals surface area (Å²) in [5.74, 6) is 0.197. The zero-order valence-corrected chi connectivity index (χ0v) is 14.1. The summed E-state index contributed by atoms with van der Waals surface area (Å²) in [4.78, 5) is 25.9. The first-order valence-electron chi connectivity index (χ1n) is 7.94. The van der Waals surface area contributed by atoms with Crippen LogP contribution in [0, 0.1) is 0 Å². The van der Waals surface area contributed by atoms with E-state index in [0.29, 0.717) is 16.2 Å². The molecule has 0 aliphatic carbocycles. The van der Waals surface area contributed by atoms with Crippen molar-refractivity contribution in [1.29, 1.82) is 0 Å². The number of thiophene rings is 1. The lowest BCUT2D eigenvalue weighted by Gasteiger charge is -2.24. The van der Waals surface area contributed by atoms with Crippen molar-refractivity contribution in [1.82, 2.24) is 5.32 Å². The first-order valence-corrected chi connectivity index (χ1v) is 8.82. The number of ketones is 1. The number of benzene rings is 2. The SMILES string of the molecule is O=C(N[C@@H]1COc2ccccc2C1=O)c1sccc1-c1ccccc1. The minimum absolute atomic E-state index is 0.118. The number of fused-ring (bicyclic) bond motifs is 1. The van der Waals surface area contributed by atoms with Gasteiger partial charge in [0.15, 0.2) is 5.78 Å². The van der Waals surface area contributed by atoms with E-state index in [2.05, 4.69) is 5.32 Å². The molecule has 4 nitrogen and oxygen atoms in total. The number of carbonyl (C=O) groups is 2. The number of hydrogen-bond donors (Lipinski definition) is 1. The molecular weight excluding hydrogens is 334 g/mol. The third kappa shape index (κ3) is 2.94. The summed E-state index contributed by atoms with van der Waals surface area (Å²) in [6.07, 6.45) is 0. The molecule has 1 atom stereocenters. The van der Waals surface area contributed by atoms with E-state index in [-0.39, 0.29) is 18.3 Å². The maximum Gasteiger partial charge on any atom is 0.262 e. The highest BCUT2D eigenvalue weighted by molar-refractivity contribution is 7.12. The predicted octanol–water partition coefficient (Wildman–Crippen LogP) is 3.79. The van der Waals surface area contributed by atoms with E-state index in [1.54, 1.807) is 18.2 Å². The zero-order valence-electron chi connectivity index (χ0n) is 13.3. The molecule has 0 radical (unpaired) electrons. The van der Waals surface area contributed by atoms with Crippen LogP contribution >= 0.6 is 11.3 Å². The molecule has 124 valence electrons. The highest BCUT2D eigenvalue weighted by Gasteiger charge is 2.30. The second-order valence-electron chi connectivity index (χ2n) is 5.73. The van der Waals surface area contributed by atoms with E-state index in [1.165, 1.54) is 11.3 Å². The Balaban J connectivity index is 1.56. The summed E-state index contributed by atoms with van der Waals surface area (Å²) in [6, 6.07) is 18.1. The summed E-state index contributed by atoms with van der Waals surface area (Å²) in [6.45, 7) is 0.146. The Bertz CT molecular complexity index is 933. The van der Waals surface area contributed by atoms with E-state index >= 15 is 0 Å². The molecule has 25 heavy (non-hydrogen) atoms. The number of rotatable bonds is 3. The lowest BCUT2D eigenvalue weighted by Crippen LogP contribution is -2.47. The van der Waals surface area contributed by atoms with Gasteiger partial charge >= 0.3 is 0 Å². The van der Waals surface area contributed by atoms with Gasteiger partial charge in [0.25, 0.3) is 5.91 Å². The van der Waals surface area contributed by atoms with Crippen molar-refractivity contribution in [3.8, 4) is 16.9 Å². The van der Waals surface area contributed by atoms with Crippen LogP contribution in [0.25, 0.3) is 11.1 Å². The van der Waals surface area contributed by atoms with Crippen molar-refractivity contribution in [2.75, 3.05) is 6.61 Å². The summed E-state index contributed by atoms with van der Waals surface area (Å²) in [5, 5.41) is 4.70. The van der Waals surface area contributed by atoms with Gasteiger partial charge in [0.05, 0.1) is 10.4 Å². The number of nitrogens with one attached hydrogen (secondary N) is 1. The summed E-state index contributed by atoms with van der Waals surface area (Å²) < 4.78 is 5.61. The Hall–Kier alpha value is -2.92. The normalized spacial score (nSPS) is 16.0. The Morgan fingerprint density at radius 2 is 1.76 bits per heavy atom. The molecule has 1 amide bonds. The molecule has 0 fully saturated rings. The Kier molecular flexibility index (Phi) is 4.07. The Morgan fingerprint density at radius 1 is 1.00 bits per heavy atom. The van der Waals surface area contributed by atoms with E-state index in [9.17, 15) is 9.59 Å². The number of hydrogen-bond acceptors (Lipinski definition) is 4. The van der Waals surface area contributed by atoms with Crippen LogP contribution < -0.4 is 10.1 Å². The van der Waals surface area contributed by atoms with Crippen LogP contribution in [0.4, 0.5) is 0 Å². The quantitative estimate of drug-likeness (QED) is 0.783. The number of Topliss-reactive ketones (excluding diaryl/α,β-unsaturated/α-hetero) is 1. The van der Waals surface area contributed by atoms with Crippen LogP contribution in [-0.2, 0) is 0 Å². The van der Waals surface area contributed by atoms with Gasteiger partial charge in [-0.25, -0.2) is 0 Å². The van der Waals surface area contributed by atoms with Gasteiger partial charge in [0.1, 0.15) is 18.4 Å². The van der Waals surface area contributed by atoms with Crippen molar-refractivity contribution in [2.24, 2.45) is 0 Å². The third-order valence-electron chi connectivity index (χ3n) is 4.14. The van der Waals surface area contributed by atoms with E-state index < -0.39 is 6.04 Å². The molecule has 0 spiro atoms. The molecule has 4 rings (SSSR count). The van der Waals surface area contributed by atoms with Gasteiger partial charge in [-0.3, -0.25) is 9.59 Å². The van der Waals surface area contributed by atoms with Gasteiger partial charge in [0.2, 0.25) is 0 Å². The highest BCUT2D eigenvalue weighted by Crippen LogP contribution is 2.29. The number of carbonyl (C=O) groups excluding carboxylic acids is 2. The van der Waals surface area contributed by atoms with Crippen LogP contribution in [0.5, 0.6) is 5.75 Å².